The molecule has 0 aliphatic rings. The number of rotatable bonds is 23. The standard InChI is InChI=1S/C26H55NS/c1-3-4-5-6-7-8-9-10-11-12-13-14-15-16-17-18-19-20-21-22-23-26(27)24-25(2)28/h25-26,28H,3-24,27H2,1-2H3. The van der Waals surface area contributed by atoms with Crippen LogP contribution in [-0.4, -0.2) is 11.3 Å². The van der Waals surface area contributed by atoms with Gasteiger partial charge in [0, 0.05) is 11.3 Å². The quantitative estimate of drug-likeness (QED) is 0.127. The molecule has 0 aliphatic heterocycles. The van der Waals surface area contributed by atoms with Crippen molar-refractivity contribution in [2.24, 2.45) is 5.73 Å². The molecule has 2 N–H and O–H groups in total. The van der Waals surface area contributed by atoms with Gasteiger partial charge in [-0.15, -0.1) is 0 Å². The van der Waals surface area contributed by atoms with Crippen molar-refractivity contribution in [2.45, 2.75) is 166 Å². The Labute approximate surface area is 184 Å². The van der Waals surface area contributed by atoms with Gasteiger partial charge in [0.2, 0.25) is 0 Å². The van der Waals surface area contributed by atoms with Crippen molar-refractivity contribution in [3.8, 4) is 0 Å². The summed E-state index contributed by atoms with van der Waals surface area (Å²) in [6, 6.07) is 0.364. The van der Waals surface area contributed by atoms with E-state index in [0.29, 0.717) is 11.3 Å². The van der Waals surface area contributed by atoms with Crippen LogP contribution < -0.4 is 5.73 Å². The molecule has 0 saturated carbocycles. The third kappa shape index (κ3) is 24.3. The minimum Gasteiger partial charge on any atom is -0.328 e. The monoisotopic (exact) mass is 413 g/mol. The van der Waals surface area contributed by atoms with E-state index < -0.39 is 0 Å². The van der Waals surface area contributed by atoms with Gasteiger partial charge < -0.3 is 5.73 Å². The van der Waals surface area contributed by atoms with E-state index in [0.717, 1.165) is 6.42 Å². The average Bonchev–Trinajstić information content (AvgIpc) is 2.66. The average molecular weight is 414 g/mol. The Morgan fingerprint density at radius 3 is 1.11 bits per heavy atom. The fourth-order valence-corrected chi connectivity index (χ4v) is 4.49. The van der Waals surface area contributed by atoms with Crippen LogP contribution >= 0.6 is 12.6 Å². The molecule has 0 fully saturated rings. The fraction of sp³-hybridized carbons (Fsp3) is 1.00. The smallest absolute Gasteiger partial charge is 0.00491 e. The predicted molar refractivity (Wildman–Crippen MR) is 134 cm³/mol. The van der Waals surface area contributed by atoms with Crippen molar-refractivity contribution in [1.29, 1.82) is 0 Å². The zero-order valence-corrected chi connectivity index (χ0v) is 20.6. The molecule has 2 heteroatoms. The highest BCUT2D eigenvalue weighted by Crippen LogP contribution is 2.15. The number of unbranched alkanes of at least 4 members (excludes halogenated alkanes) is 19. The summed E-state index contributed by atoms with van der Waals surface area (Å²) in [4.78, 5) is 0. The van der Waals surface area contributed by atoms with Crippen LogP contribution in [0.25, 0.3) is 0 Å². The molecular weight excluding hydrogens is 358 g/mol. The summed E-state index contributed by atoms with van der Waals surface area (Å²) in [6.45, 7) is 4.44. The lowest BCUT2D eigenvalue weighted by atomic mass is 10.0. The Balaban J connectivity index is 3.05. The maximum atomic E-state index is 6.11. The van der Waals surface area contributed by atoms with Gasteiger partial charge in [0.1, 0.15) is 0 Å². The Morgan fingerprint density at radius 2 is 0.821 bits per heavy atom. The molecule has 2 unspecified atom stereocenters. The molecule has 0 saturated heterocycles. The topological polar surface area (TPSA) is 26.0 Å². The lowest BCUT2D eigenvalue weighted by Crippen LogP contribution is -2.22. The first kappa shape index (κ1) is 28.3. The van der Waals surface area contributed by atoms with Crippen LogP contribution in [0.3, 0.4) is 0 Å². The molecule has 0 spiro atoms. The first-order chi connectivity index (χ1) is 13.7. The van der Waals surface area contributed by atoms with E-state index in [1.165, 1.54) is 135 Å². The van der Waals surface area contributed by atoms with Crippen LogP contribution in [0, 0.1) is 0 Å². The lowest BCUT2D eigenvalue weighted by molar-refractivity contribution is 0.501. The second-order valence-corrected chi connectivity index (χ2v) is 10.2. The van der Waals surface area contributed by atoms with Gasteiger partial charge in [0.15, 0.2) is 0 Å². The molecule has 0 aromatic rings. The van der Waals surface area contributed by atoms with Gasteiger partial charge in [-0.05, 0) is 12.8 Å². The molecule has 1 nitrogen and oxygen atoms in total. The second-order valence-electron chi connectivity index (χ2n) is 9.35. The highest BCUT2D eigenvalue weighted by Gasteiger charge is 2.05. The van der Waals surface area contributed by atoms with Crippen LogP contribution in [0.15, 0.2) is 0 Å². The molecule has 28 heavy (non-hydrogen) atoms. The molecule has 0 bridgehead atoms. The zero-order chi connectivity index (χ0) is 20.7. The van der Waals surface area contributed by atoms with E-state index in [1.807, 2.05) is 0 Å². The molecule has 0 aliphatic carbocycles. The lowest BCUT2D eigenvalue weighted by Gasteiger charge is -2.13. The van der Waals surface area contributed by atoms with E-state index in [-0.39, 0.29) is 0 Å². The predicted octanol–water partition coefficient (Wildman–Crippen LogP) is 9.23. The third-order valence-corrected chi connectivity index (χ3v) is 6.28. The van der Waals surface area contributed by atoms with E-state index >= 15 is 0 Å². The third-order valence-electron chi connectivity index (χ3n) is 6.07. The van der Waals surface area contributed by atoms with E-state index in [1.54, 1.807) is 0 Å². The highest BCUT2D eigenvalue weighted by atomic mass is 32.1. The summed E-state index contributed by atoms with van der Waals surface area (Å²) in [5.41, 5.74) is 6.11. The zero-order valence-electron chi connectivity index (χ0n) is 19.7. The Kier molecular flexibility index (Phi) is 23.8. The van der Waals surface area contributed by atoms with Crippen molar-refractivity contribution in [3.05, 3.63) is 0 Å². The van der Waals surface area contributed by atoms with Crippen molar-refractivity contribution < 1.29 is 0 Å². The normalized spacial score (nSPS) is 13.7. The maximum absolute atomic E-state index is 6.11. The van der Waals surface area contributed by atoms with E-state index in [4.69, 9.17) is 5.73 Å². The second kappa shape index (κ2) is 23.6. The van der Waals surface area contributed by atoms with Gasteiger partial charge in [-0.2, -0.15) is 12.6 Å². The first-order valence-corrected chi connectivity index (χ1v) is 13.6. The summed E-state index contributed by atoms with van der Waals surface area (Å²) >= 11 is 4.42. The number of hydrogen-bond donors (Lipinski definition) is 2. The van der Waals surface area contributed by atoms with Crippen molar-refractivity contribution in [2.75, 3.05) is 0 Å². The largest absolute Gasteiger partial charge is 0.328 e. The minimum atomic E-state index is 0.364. The first-order valence-electron chi connectivity index (χ1n) is 13.1. The number of nitrogens with two attached hydrogens (primary N) is 1. The van der Waals surface area contributed by atoms with E-state index in [9.17, 15) is 0 Å². The summed E-state index contributed by atoms with van der Waals surface area (Å²) in [5, 5.41) is 0.445. The van der Waals surface area contributed by atoms with Gasteiger partial charge in [-0.25, -0.2) is 0 Å². The summed E-state index contributed by atoms with van der Waals surface area (Å²) in [5.74, 6) is 0. The molecule has 0 rings (SSSR count). The minimum absolute atomic E-state index is 0.364. The van der Waals surface area contributed by atoms with Crippen LogP contribution in [0.2, 0.25) is 0 Å². The Bertz CT molecular complexity index is 280. The Hall–Kier alpha value is 0.310. The SMILES string of the molecule is CCCCCCCCCCCCCCCCCCCCCCC(N)CC(C)S. The van der Waals surface area contributed by atoms with Crippen LogP contribution in [0.4, 0.5) is 0 Å². The van der Waals surface area contributed by atoms with Gasteiger partial charge in [-0.3, -0.25) is 0 Å². The summed E-state index contributed by atoms with van der Waals surface area (Å²) < 4.78 is 0. The van der Waals surface area contributed by atoms with Gasteiger partial charge in [0.25, 0.3) is 0 Å². The molecule has 0 aromatic heterocycles. The van der Waals surface area contributed by atoms with Crippen molar-refractivity contribution in [3.63, 3.8) is 0 Å². The molecule has 0 radical (unpaired) electrons. The molecular formula is C26H55NS. The number of thiol groups is 1. The van der Waals surface area contributed by atoms with Crippen molar-refractivity contribution >= 4 is 12.6 Å². The Morgan fingerprint density at radius 1 is 0.536 bits per heavy atom. The molecule has 0 heterocycles. The molecule has 0 amide bonds. The van der Waals surface area contributed by atoms with Gasteiger partial charge >= 0.3 is 0 Å². The highest BCUT2D eigenvalue weighted by molar-refractivity contribution is 7.80. The summed E-state index contributed by atoms with van der Waals surface area (Å²) in [7, 11) is 0. The molecule has 2 atom stereocenters. The van der Waals surface area contributed by atoms with Crippen LogP contribution in [0.1, 0.15) is 155 Å². The molecule has 0 aromatic carbocycles. The van der Waals surface area contributed by atoms with Gasteiger partial charge in [-0.1, -0.05) is 142 Å². The maximum Gasteiger partial charge on any atom is 0.00491 e. The summed E-state index contributed by atoms with van der Waals surface area (Å²) in [6.07, 6.45) is 31.1. The fourth-order valence-electron chi connectivity index (χ4n) is 4.22. The van der Waals surface area contributed by atoms with Crippen LogP contribution in [-0.2, 0) is 0 Å². The van der Waals surface area contributed by atoms with Crippen molar-refractivity contribution in [1.82, 2.24) is 0 Å². The van der Waals surface area contributed by atoms with Gasteiger partial charge in [0.05, 0.1) is 0 Å². The van der Waals surface area contributed by atoms with E-state index in [2.05, 4.69) is 26.5 Å². The molecule has 170 valence electrons. The number of hydrogen-bond acceptors (Lipinski definition) is 2. The van der Waals surface area contributed by atoms with Crippen LogP contribution in [0.5, 0.6) is 0 Å².